The Morgan fingerprint density at radius 1 is 1.29 bits per heavy atom. The summed E-state index contributed by atoms with van der Waals surface area (Å²) < 4.78 is 9.63. The van der Waals surface area contributed by atoms with Crippen LogP contribution >= 0.6 is 0 Å². The minimum absolute atomic E-state index is 0.0259. The highest BCUT2D eigenvalue weighted by atomic mass is 16.7. The number of ketones is 1. The van der Waals surface area contributed by atoms with E-state index in [1.807, 2.05) is 19.1 Å². The summed E-state index contributed by atoms with van der Waals surface area (Å²) in [5, 5.41) is 0. The van der Waals surface area contributed by atoms with Gasteiger partial charge >= 0.3 is 0 Å². The second-order valence-electron chi connectivity index (χ2n) is 3.04. The summed E-state index contributed by atoms with van der Waals surface area (Å²) in [6.45, 7) is 2.20. The molecule has 0 aliphatic rings. The molecule has 3 nitrogen and oxygen atoms in total. The maximum absolute atomic E-state index is 11.5. The second-order valence-corrected chi connectivity index (χ2v) is 3.04. The van der Waals surface area contributed by atoms with Crippen LogP contribution in [0, 0.1) is 6.92 Å². The van der Waals surface area contributed by atoms with Gasteiger partial charge in [0.1, 0.15) is 13.4 Å². The van der Waals surface area contributed by atoms with E-state index in [9.17, 15) is 4.79 Å². The molecule has 0 atom stereocenters. The summed E-state index contributed by atoms with van der Waals surface area (Å²) in [4.78, 5) is 11.5. The number of Topliss-reactive ketones (excluding diaryl/α,β-unsaturated/α-hetero) is 1. The highest BCUT2D eigenvalue weighted by molar-refractivity contribution is 5.97. The Morgan fingerprint density at radius 3 is 2.50 bits per heavy atom. The topological polar surface area (TPSA) is 35.5 Å². The number of methoxy groups -OCH3 is 1. The van der Waals surface area contributed by atoms with Gasteiger partial charge in [0.2, 0.25) is 0 Å². The van der Waals surface area contributed by atoms with E-state index < -0.39 is 0 Å². The Labute approximate surface area is 83.6 Å². The summed E-state index contributed by atoms with van der Waals surface area (Å²) >= 11 is 0. The lowest BCUT2D eigenvalue weighted by molar-refractivity contribution is -0.0237. The van der Waals surface area contributed by atoms with Gasteiger partial charge in [-0.05, 0) is 6.92 Å². The molecule has 0 radical (unpaired) electrons. The van der Waals surface area contributed by atoms with Crippen molar-refractivity contribution in [1.82, 2.24) is 0 Å². The van der Waals surface area contributed by atoms with Gasteiger partial charge in [-0.15, -0.1) is 0 Å². The summed E-state index contributed by atoms with van der Waals surface area (Å²) in [6, 6.07) is 7.41. The third kappa shape index (κ3) is 3.28. The molecule has 76 valence electrons. The van der Waals surface area contributed by atoms with Crippen LogP contribution in [-0.4, -0.2) is 26.3 Å². The predicted octanol–water partition coefficient (Wildman–Crippen LogP) is 1.80. The third-order valence-electron chi connectivity index (χ3n) is 1.81. The SMILES string of the molecule is COCOCC(=O)c1ccc(C)cc1. The van der Waals surface area contributed by atoms with Gasteiger partial charge in [0, 0.05) is 12.7 Å². The Balaban J connectivity index is 2.48. The maximum Gasteiger partial charge on any atom is 0.188 e. The number of ether oxygens (including phenoxy) is 2. The molecule has 1 aromatic carbocycles. The van der Waals surface area contributed by atoms with Gasteiger partial charge in [0.05, 0.1) is 0 Å². The highest BCUT2D eigenvalue weighted by Crippen LogP contribution is 2.04. The minimum atomic E-state index is -0.0259. The summed E-state index contributed by atoms with van der Waals surface area (Å²) in [5.74, 6) is -0.0259. The molecular weight excluding hydrogens is 180 g/mol. The van der Waals surface area contributed by atoms with Gasteiger partial charge in [-0.3, -0.25) is 4.79 Å². The number of aryl methyl sites for hydroxylation is 1. The van der Waals surface area contributed by atoms with Gasteiger partial charge in [0.15, 0.2) is 5.78 Å². The molecule has 0 N–H and O–H groups in total. The molecule has 14 heavy (non-hydrogen) atoms. The lowest BCUT2D eigenvalue weighted by atomic mass is 10.1. The van der Waals surface area contributed by atoms with Crippen molar-refractivity contribution < 1.29 is 14.3 Å². The lowest BCUT2D eigenvalue weighted by Crippen LogP contribution is -2.10. The van der Waals surface area contributed by atoms with E-state index in [1.165, 1.54) is 7.11 Å². The normalized spacial score (nSPS) is 10.1. The van der Waals surface area contributed by atoms with Gasteiger partial charge < -0.3 is 9.47 Å². The van der Waals surface area contributed by atoms with Gasteiger partial charge in [-0.1, -0.05) is 29.8 Å². The van der Waals surface area contributed by atoms with Gasteiger partial charge in [0.25, 0.3) is 0 Å². The zero-order valence-electron chi connectivity index (χ0n) is 8.45. The lowest BCUT2D eigenvalue weighted by Gasteiger charge is -2.02. The van der Waals surface area contributed by atoms with Crippen LogP contribution in [0.25, 0.3) is 0 Å². The summed E-state index contributed by atoms with van der Waals surface area (Å²) in [7, 11) is 1.52. The van der Waals surface area contributed by atoms with Crippen LogP contribution < -0.4 is 0 Å². The zero-order valence-corrected chi connectivity index (χ0v) is 8.45. The van der Waals surface area contributed by atoms with E-state index in [0.717, 1.165) is 5.56 Å². The van der Waals surface area contributed by atoms with Crippen LogP contribution in [0.3, 0.4) is 0 Å². The van der Waals surface area contributed by atoms with Crippen molar-refractivity contribution in [3.8, 4) is 0 Å². The molecule has 0 aromatic heterocycles. The average molecular weight is 194 g/mol. The first kappa shape index (κ1) is 10.9. The van der Waals surface area contributed by atoms with E-state index in [4.69, 9.17) is 4.74 Å². The van der Waals surface area contributed by atoms with Crippen molar-refractivity contribution in [2.75, 3.05) is 20.5 Å². The Morgan fingerprint density at radius 2 is 1.93 bits per heavy atom. The van der Waals surface area contributed by atoms with E-state index in [2.05, 4.69) is 4.74 Å². The molecule has 0 unspecified atom stereocenters. The fourth-order valence-corrected chi connectivity index (χ4v) is 1.04. The monoisotopic (exact) mass is 194 g/mol. The minimum Gasteiger partial charge on any atom is -0.359 e. The van der Waals surface area contributed by atoms with E-state index in [-0.39, 0.29) is 19.2 Å². The number of hydrogen-bond donors (Lipinski definition) is 0. The quantitative estimate of drug-likeness (QED) is 0.407. The number of carbonyl (C=O) groups is 1. The molecule has 0 heterocycles. The molecule has 1 rings (SSSR count). The summed E-state index contributed by atoms with van der Waals surface area (Å²) in [6.07, 6.45) is 0. The fourth-order valence-electron chi connectivity index (χ4n) is 1.04. The van der Waals surface area contributed by atoms with E-state index in [1.54, 1.807) is 12.1 Å². The van der Waals surface area contributed by atoms with E-state index >= 15 is 0 Å². The maximum atomic E-state index is 11.5. The molecule has 0 bridgehead atoms. The molecule has 0 amide bonds. The van der Waals surface area contributed by atoms with Crippen LogP contribution in [0.15, 0.2) is 24.3 Å². The number of benzene rings is 1. The Hall–Kier alpha value is -1.19. The molecule has 3 heteroatoms. The predicted molar refractivity (Wildman–Crippen MR) is 53.3 cm³/mol. The van der Waals surface area contributed by atoms with E-state index in [0.29, 0.717) is 5.56 Å². The first-order valence-electron chi connectivity index (χ1n) is 4.40. The fraction of sp³-hybridized carbons (Fsp3) is 0.364. The van der Waals surface area contributed by atoms with Crippen molar-refractivity contribution in [3.63, 3.8) is 0 Å². The average Bonchev–Trinajstić information content (AvgIpc) is 2.19. The molecule has 0 saturated heterocycles. The number of rotatable bonds is 5. The van der Waals surface area contributed by atoms with Crippen LogP contribution in [0.1, 0.15) is 15.9 Å². The molecule has 0 fully saturated rings. The molecule has 0 spiro atoms. The van der Waals surface area contributed by atoms with Crippen molar-refractivity contribution >= 4 is 5.78 Å². The number of carbonyl (C=O) groups excluding carboxylic acids is 1. The van der Waals surface area contributed by atoms with Gasteiger partial charge in [-0.25, -0.2) is 0 Å². The molecular formula is C11H14O3. The van der Waals surface area contributed by atoms with Crippen molar-refractivity contribution in [3.05, 3.63) is 35.4 Å². The number of hydrogen-bond acceptors (Lipinski definition) is 3. The van der Waals surface area contributed by atoms with Crippen LogP contribution in [0.5, 0.6) is 0 Å². The largest absolute Gasteiger partial charge is 0.359 e. The Kier molecular flexibility index (Phi) is 4.29. The second kappa shape index (κ2) is 5.52. The molecule has 1 aromatic rings. The van der Waals surface area contributed by atoms with Crippen LogP contribution in [0.2, 0.25) is 0 Å². The first-order chi connectivity index (χ1) is 6.74. The zero-order chi connectivity index (χ0) is 10.4. The van der Waals surface area contributed by atoms with Crippen LogP contribution in [0.4, 0.5) is 0 Å². The van der Waals surface area contributed by atoms with Crippen molar-refractivity contribution in [2.24, 2.45) is 0 Å². The standard InChI is InChI=1S/C11H14O3/c1-9-3-5-10(6-4-9)11(12)7-14-8-13-2/h3-6H,7-8H2,1-2H3. The van der Waals surface area contributed by atoms with Crippen molar-refractivity contribution in [1.29, 1.82) is 0 Å². The van der Waals surface area contributed by atoms with Crippen molar-refractivity contribution in [2.45, 2.75) is 6.92 Å². The Bertz CT molecular complexity index is 290. The summed E-state index contributed by atoms with van der Waals surface area (Å²) in [5.41, 5.74) is 1.81. The molecule has 0 aliphatic carbocycles. The molecule has 0 aliphatic heterocycles. The van der Waals surface area contributed by atoms with Crippen LogP contribution in [-0.2, 0) is 9.47 Å². The smallest absolute Gasteiger partial charge is 0.188 e. The highest BCUT2D eigenvalue weighted by Gasteiger charge is 2.04. The third-order valence-corrected chi connectivity index (χ3v) is 1.81. The van der Waals surface area contributed by atoms with Gasteiger partial charge in [-0.2, -0.15) is 0 Å². The first-order valence-corrected chi connectivity index (χ1v) is 4.40. The molecule has 0 saturated carbocycles.